The molecule has 0 bridgehead atoms. The third kappa shape index (κ3) is 4.39. The van der Waals surface area contributed by atoms with Crippen molar-refractivity contribution in [2.75, 3.05) is 31.1 Å². The minimum absolute atomic E-state index is 0.0585. The predicted molar refractivity (Wildman–Crippen MR) is 105 cm³/mol. The van der Waals surface area contributed by atoms with Crippen molar-refractivity contribution in [1.29, 1.82) is 0 Å². The van der Waals surface area contributed by atoms with Gasteiger partial charge in [-0.15, -0.1) is 0 Å². The predicted octanol–water partition coefficient (Wildman–Crippen LogP) is 0.105. The Labute approximate surface area is 165 Å². The number of aromatic nitrogens is 5. The van der Waals surface area contributed by atoms with Crippen LogP contribution < -0.4 is 10.5 Å². The van der Waals surface area contributed by atoms with Crippen LogP contribution in [0, 0.1) is 0 Å². The van der Waals surface area contributed by atoms with Gasteiger partial charge in [-0.05, 0) is 12.5 Å². The first-order valence-electron chi connectivity index (χ1n) is 8.98. The number of amides is 1. The van der Waals surface area contributed by atoms with Crippen molar-refractivity contribution in [1.82, 2.24) is 29.4 Å². The summed E-state index contributed by atoms with van der Waals surface area (Å²) in [4.78, 5) is 52.4. The number of anilines is 1. The van der Waals surface area contributed by atoms with Crippen LogP contribution in [0.5, 0.6) is 0 Å². The van der Waals surface area contributed by atoms with Crippen LogP contribution in [0.3, 0.4) is 0 Å². The fourth-order valence-corrected chi connectivity index (χ4v) is 3.23. The van der Waals surface area contributed by atoms with Gasteiger partial charge in [-0.1, -0.05) is 0 Å². The van der Waals surface area contributed by atoms with Crippen LogP contribution in [0.1, 0.15) is 16.8 Å². The summed E-state index contributed by atoms with van der Waals surface area (Å²) in [6.45, 7) is 2.46. The van der Waals surface area contributed by atoms with E-state index in [1.807, 2.05) is 4.90 Å². The summed E-state index contributed by atoms with van der Waals surface area (Å²) in [5.74, 6) is 0.751. The van der Waals surface area contributed by atoms with Gasteiger partial charge in [0, 0.05) is 45.5 Å². The highest BCUT2D eigenvalue weighted by molar-refractivity contribution is 5.94. The van der Waals surface area contributed by atoms with Crippen molar-refractivity contribution < 1.29 is 14.7 Å². The average molecular weight is 399 g/mol. The molecule has 2 N–H and O–H groups in total. The van der Waals surface area contributed by atoms with E-state index in [4.69, 9.17) is 9.90 Å². The Hall–Kier alpha value is -3.76. The molecule has 11 heteroatoms. The lowest BCUT2D eigenvalue weighted by molar-refractivity contribution is -0.122. The second kappa shape index (κ2) is 8.95. The molecule has 0 aliphatic carbocycles. The number of hydrogen-bond donors (Lipinski definition) is 2. The minimum Gasteiger partial charge on any atom is -0.483 e. The summed E-state index contributed by atoms with van der Waals surface area (Å²) in [5.41, 5.74) is 1.84. The number of nitrogens with zero attached hydrogens (tertiary/aromatic N) is 6. The van der Waals surface area contributed by atoms with Crippen molar-refractivity contribution in [2.45, 2.75) is 6.42 Å². The van der Waals surface area contributed by atoms with E-state index < -0.39 is 0 Å². The lowest BCUT2D eigenvalue weighted by Crippen LogP contribution is -2.36. The van der Waals surface area contributed by atoms with Crippen LogP contribution in [0.4, 0.5) is 5.82 Å². The van der Waals surface area contributed by atoms with Crippen LogP contribution in [-0.4, -0.2) is 73.1 Å². The molecule has 3 aromatic rings. The highest BCUT2D eigenvalue weighted by Gasteiger charge is 2.22. The van der Waals surface area contributed by atoms with Gasteiger partial charge in [-0.2, -0.15) is 0 Å². The van der Waals surface area contributed by atoms with E-state index >= 15 is 0 Å². The second-order valence-corrected chi connectivity index (χ2v) is 6.40. The third-order valence-electron chi connectivity index (χ3n) is 4.62. The normalized spacial score (nSPS) is 14.1. The Morgan fingerprint density at radius 3 is 2.72 bits per heavy atom. The molecule has 0 atom stereocenters. The number of hydrogen-bond acceptors (Lipinski definition) is 7. The smallest absolute Gasteiger partial charge is 0.290 e. The Kier molecular flexibility index (Phi) is 6.17. The molecule has 3 aromatic heterocycles. The van der Waals surface area contributed by atoms with Crippen LogP contribution in [0.15, 0.2) is 35.8 Å². The number of fused-ring (bicyclic) bond motifs is 1. The fraction of sp³-hybridized carbons (Fsp3) is 0.333. The van der Waals surface area contributed by atoms with Crippen molar-refractivity contribution in [3.63, 3.8) is 0 Å². The maximum atomic E-state index is 12.8. The van der Waals surface area contributed by atoms with Crippen molar-refractivity contribution >= 4 is 29.4 Å². The summed E-state index contributed by atoms with van der Waals surface area (Å²) >= 11 is 0. The Balaban J connectivity index is 0.000000755. The molecule has 152 valence electrons. The van der Waals surface area contributed by atoms with E-state index in [9.17, 15) is 9.59 Å². The maximum Gasteiger partial charge on any atom is 0.290 e. The Morgan fingerprint density at radius 2 is 1.97 bits per heavy atom. The van der Waals surface area contributed by atoms with Crippen LogP contribution in [0.25, 0.3) is 11.2 Å². The summed E-state index contributed by atoms with van der Waals surface area (Å²) < 4.78 is 1.42. The van der Waals surface area contributed by atoms with Gasteiger partial charge in [-0.3, -0.25) is 14.4 Å². The van der Waals surface area contributed by atoms with E-state index in [2.05, 4.69) is 24.8 Å². The molecule has 1 aliphatic rings. The van der Waals surface area contributed by atoms with Gasteiger partial charge in [-0.25, -0.2) is 15.0 Å². The number of rotatable bonds is 2. The van der Waals surface area contributed by atoms with Crippen molar-refractivity contribution in [2.24, 2.45) is 7.05 Å². The number of aromatic amines is 1. The van der Waals surface area contributed by atoms with Crippen LogP contribution in [0.2, 0.25) is 0 Å². The molecule has 1 saturated heterocycles. The number of carbonyl (C=O) groups is 2. The number of nitrogens with one attached hydrogen (secondary N) is 1. The van der Waals surface area contributed by atoms with E-state index in [-0.39, 0.29) is 17.9 Å². The molecular weight excluding hydrogens is 378 g/mol. The van der Waals surface area contributed by atoms with Crippen LogP contribution in [-0.2, 0) is 11.8 Å². The summed E-state index contributed by atoms with van der Waals surface area (Å²) in [5, 5.41) is 6.89. The zero-order valence-electron chi connectivity index (χ0n) is 15.9. The van der Waals surface area contributed by atoms with Gasteiger partial charge < -0.3 is 24.5 Å². The minimum atomic E-state index is -0.250. The highest BCUT2D eigenvalue weighted by atomic mass is 16.3. The van der Waals surface area contributed by atoms with Gasteiger partial charge in [0.1, 0.15) is 11.8 Å². The lowest BCUT2D eigenvalue weighted by atomic mass is 10.2. The SMILES string of the molecule is Cn1cc(C(=O)N2CCCN(c3ncnc4nc[nH]c34)CC2)ccc1=O.O=CO. The zero-order valence-corrected chi connectivity index (χ0v) is 15.9. The van der Waals surface area contributed by atoms with Crippen molar-refractivity contribution in [3.8, 4) is 0 Å². The zero-order chi connectivity index (χ0) is 20.8. The molecule has 0 spiro atoms. The van der Waals surface area contributed by atoms with Gasteiger partial charge in [0.25, 0.3) is 12.4 Å². The van der Waals surface area contributed by atoms with E-state index in [0.717, 1.165) is 24.3 Å². The monoisotopic (exact) mass is 399 g/mol. The third-order valence-corrected chi connectivity index (χ3v) is 4.62. The summed E-state index contributed by atoms with van der Waals surface area (Å²) in [6, 6.07) is 3.01. The van der Waals surface area contributed by atoms with Crippen LogP contribution >= 0.6 is 0 Å². The number of carbonyl (C=O) groups excluding carboxylic acids is 1. The fourth-order valence-electron chi connectivity index (χ4n) is 3.23. The lowest BCUT2D eigenvalue weighted by Gasteiger charge is -2.23. The first kappa shape index (κ1) is 20.0. The standard InChI is InChI=1S/C17H19N7O2.CH2O2/c1-22-9-12(3-4-13(22)25)17(26)24-6-2-5-23(7-8-24)16-14-15(19-10-18-14)20-11-21-16;2-1-3/h3-4,9-11H,2,5-8H2,1H3,(H,18,19,20,21);1H,(H,2,3). The summed E-state index contributed by atoms with van der Waals surface area (Å²) in [6.07, 6.45) is 5.54. The molecular formula is C18H21N7O4. The van der Waals surface area contributed by atoms with Gasteiger partial charge >= 0.3 is 0 Å². The van der Waals surface area contributed by atoms with Crippen molar-refractivity contribution in [3.05, 3.63) is 46.9 Å². The second-order valence-electron chi connectivity index (χ2n) is 6.40. The number of carboxylic acid groups (broad SMARTS) is 1. The van der Waals surface area contributed by atoms with Gasteiger partial charge in [0.15, 0.2) is 11.5 Å². The summed E-state index contributed by atoms with van der Waals surface area (Å²) in [7, 11) is 1.65. The van der Waals surface area contributed by atoms with E-state index in [1.165, 1.54) is 17.0 Å². The van der Waals surface area contributed by atoms with E-state index in [1.54, 1.807) is 25.6 Å². The van der Waals surface area contributed by atoms with E-state index in [0.29, 0.717) is 30.8 Å². The number of imidazole rings is 1. The number of pyridine rings is 1. The molecule has 0 saturated carbocycles. The maximum absolute atomic E-state index is 12.8. The molecule has 0 unspecified atom stereocenters. The molecule has 0 radical (unpaired) electrons. The quantitative estimate of drug-likeness (QED) is 0.579. The number of aryl methyl sites for hydroxylation is 1. The Bertz CT molecular complexity index is 1060. The molecule has 1 aliphatic heterocycles. The molecule has 0 aromatic carbocycles. The van der Waals surface area contributed by atoms with Gasteiger partial charge in [0.05, 0.1) is 11.9 Å². The molecule has 1 amide bonds. The Morgan fingerprint density at radius 1 is 1.17 bits per heavy atom. The molecule has 29 heavy (non-hydrogen) atoms. The number of H-pyrrole nitrogens is 1. The topological polar surface area (TPSA) is 137 Å². The first-order chi connectivity index (χ1) is 14.0. The first-order valence-corrected chi connectivity index (χ1v) is 8.98. The molecule has 1 fully saturated rings. The van der Waals surface area contributed by atoms with Gasteiger partial charge in [0.2, 0.25) is 5.56 Å². The highest BCUT2D eigenvalue weighted by Crippen LogP contribution is 2.21. The molecule has 11 nitrogen and oxygen atoms in total. The molecule has 4 rings (SSSR count). The molecule has 4 heterocycles. The average Bonchev–Trinajstić information content (AvgIpc) is 3.07. The largest absolute Gasteiger partial charge is 0.483 e.